The smallest absolute Gasteiger partial charge is 0.211 e. The minimum absolute atomic E-state index is 0.370. The largest absolute Gasteiger partial charge is 0.240 e. The van der Waals surface area contributed by atoms with E-state index in [1.165, 1.54) is 12.8 Å². The molecule has 2 rings (SSSR count). The van der Waals surface area contributed by atoms with Crippen LogP contribution < -0.4 is 4.72 Å². The lowest BCUT2D eigenvalue weighted by molar-refractivity contribution is 0.519. The molecular formula is C15H23NO2S. The fourth-order valence-corrected chi connectivity index (χ4v) is 3.67. The van der Waals surface area contributed by atoms with Gasteiger partial charge in [0.25, 0.3) is 0 Å². The molecule has 1 aromatic rings. The molecule has 0 aliphatic heterocycles. The molecule has 0 saturated heterocycles. The molecule has 0 aromatic heterocycles. The molecule has 1 N–H and O–H groups in total. The molecule has 0 unspecified atom stereocenters. The minimum atomic E-state index is -3.34. The van der Waals surface area contributed by atoms with Gasteiger partial charge in [-0.15, -0.1) is 0 Å². The van der Waals surface area contributed by atoms with Gasteiger partial charge < -0.3 is 0 Å². The van der Waals surface area contributed by atoms with Crippen LogP contribution in [0.25, 0.3) is 0 Å². The van der Waals surface area contributed by atoms with Gasteiger partial charge in [-0.2, -0.15) is 0 Å². The Morgan fingerprint density at radius 2 is 1.74 bits per heavy atom. The Labute approximate surface area is 116 Å². The fraction of sp³-hybridized carbons (Fsp3) is 0.600. The van der Waals surface area contributed by atoms with Gasteiger partial charge in [0.1, 0.15) is 0 Å². The number of hydrogen-bond acceptors (Lipinski definition) is 2. The second-order valence-electron chi connectivity index (χ2n) is 5.73. The zero-order valence-corrected chi connectivity index (χ0v) is 12.5. The SMILES string of the molecule is CC(C)c1ccc(S(=O)(=O)NCC2CCCC2)cc1. The van der Waals surface area contributed by atoms with E-state index in [2.05, 4.69) is 18.6 Å². The maximum atomic E-state index is 12.2. The van der Waals surface area contributed by atoms with Crippen LogP contribution in [0.3, 0.4) is 0 Å². The van der Waals surface area contributed by atoms with Crippen molar-refractivity contribution < 1.29 is 8.42 Å². The van der Waals surface area contributed by atoms with Crippen molar-refractivity contribution in [2.24, 2.45) is 5.92 Å². The van der Waals surface area contributed by atoms with E-state index >= 15 is 0 Å². The van der Waals surface area contributed by atoms with Gasteiger partial charge in [-0.25, -0.2) is 13.1 Å². The van der Waals surface area contributed by atoms with Crippen LogP contribution in [0.5, 0.6) is 0 Å². The highest BCUT2D eigenvalue weighted by atomic mass is 32.2. The van der Waals surface area contributed by atoms with Crippen molar-refractivity contribution in [2.75, 3.05) is 6.54 Å². The first-order valence-electron chi connectivity index (χ1n) is 7.08. The van der Waals surface area contributed by atoms with Crippen molar-refractivity contribution in [1.82, 2.24) is 4.72 Å². The molecule has 0 atom stereocenters. The number of sulfonamides is 1. The van der Waals surface area contributed by atoms with Gasteiger partial charge in [0.2, 0.25) is 10.0 Å². The van der Waals surface area contributed by atoms with Crippen LogP contribution in [0, 0.1) is 5.92 Å². The molecule has 0 bridgehead atoms. The van der Waals surface area contributed by atoms with Crippen LogP contribution in [0.1, 0.15) is 51.0 Å². The lowest BCUT2D eigenvalue weighted by atomic mass is 10.0. The van der Waals surface area contributed by atoms with E-state index in [4.69, 9.17) is 0 Å². The summed E-state index contributed by atoms with van der Waals surface area (Å²) in [5.41, 5.74) is 1.16. The van der Waals surface area contributed by atoms with Crippen molar-refractivity contribution in [3.63, 3.8) is 0 Å². The summed E-state index contributed by atoms with van der Waals surface area (Å²) in [6.07, 6.45) is 4.76. The first-order chi connectivity index (χ1) is 8.99. The summed E-state index contributed by atoms with van der Waals surface area (Å²) in [6, 6.07) is 7.20. The predicted octanol–water partition coefficient (Wildman–Crippen LogP) is 3.28. The summed E-state index contributed by atoms with van der Waals surface area (Å²) in [5, 5.41) is 0. The Hall–Kier alpha value is -0.870. The van der Waals surface area contributed by atoms with E-state index in [1.54, 1.807) is 12.1 Å². The molecule has 1 saturated carbocycles. The monoisotopic (exact) mass is 281 g/mol. The van der Waals surface area contributed by atoms with Crippen LogP contribution in [0.15, 0.2) is 29.2 Å². The van der Waals surface area contributed by atoms with E-state index in [9.17, 15) is 8.42 Å². The lowest BCUT2D eigenvalue weighted by Crippen LogP contribution is -2.28. The van der Waals surface area contributed by atoms with Gasteiger partial charge in [0.15, 0.2) is 0 Å². The second-order valence-corrected chi connectivity index (χ2v) is 7.49. The van der Waals surface area contributed by atoms with Crippen molar-refractivity contribution in [3.05, 3.63) is 29.8 Å². The molecule has 106 valence electrons. The molecular weight excluding hydrogens is 258 g/mol. The van der Waals surface area contributed by atoms with Gasteiger partial charge >= 0.3 is 0 Å². The lowest BCUT2D eigenvalue weighted by Gasteiger charge is -2.12. The third-order valence-electron chi connectivity index (χ3n) is 3.89. The van der Waals surface area contributed by atoms with Gasteiger partial charge in [-0.3, -0.25) is 0 Å². The highest BCUT2D eigenvalue weighted by molar-refractivity contribution is 7.89. The molecule has 0 amide bonds. The molecule has 4 heteroatoms. The Kier molecular flexibility index (Phi) is 4.63. The maximum Gasteiger partial charge on any atom is 0.240 e. The topological polar surface area (TPSA) is 46.2 Å². The van der Waals surface area contributed by atoms with E-state index in [0.717, 1.165) is 18.4 Å². The molecule has 1 aliphatic carbocycles. The van der Waals surface area contributed by atoms with Crippen molar-refractivity contribution in [1.29, 1.82) is 0 Å². The molecule has 0 spiro atoms. The van der Waals surface area contributed by atoms with Crippen LogP contribution >= 0.6 is 0 Å². The van der Waals surface area contributed by atoms with Gasteiger partial charge in [-0.1, -0.05) is 38.8 Å². The summed E-state index contributed by atoms with van der Waals surface area (Å²) in [5.74, 6) is 0.938. The van der Waals surface area contributed by atoms with E-state index in [-0.39, 0.29) is 0 Å². The number of benzene rings is 1. The zero-order valence-electron chi connectivity index (χ0n) is 11.7. The Morgan fingerprint density at radius 3 is 2.26 bits per heavy atom. The van der Waals surface area contributed by atoms with Crippen LogP contribution in [0.2, 0.25) is 0 Å². The molecule has 19 heavy (non-hydrogen) atoms. The van der Waals surface area contributed by atoms with Gasteiger partial charge in [0, 0.05) is 6.54 Å². The summed E-state index contributed by atoms with van der Waals surface area (Å²) >= 11 is 0. The second kappa shape index (κ2) is 6.06. The average molecular weight is 281 g/mol. The van der Waals surface area contributed by atoms with Crippen molar-refractivity contribution in [3.8, 4) is 0 Å². The third-order valence-corrected chi connectivity index (χ3v) is 5.33. The van der Waals surface area contributed by atoms with Crippen LogP contribution in [0.4, 0.5) is 0 Å². The molecule has 1 aliphatic rings. The molecule has 1 aromatic carbocycles. The van der Waals surface area contributed by atoms with E-state index in [0.29, 0.717) is 23.3 Å². The van der Waals surface area contributed by atoms with E-state index < -0.39 is 10.0 Å². The van der Waals surface area contributed by atoms with Crippen molar-refractivity contribution in [2.45, 2.75) is 50.3 Å². The highest BCUT2D eigenvalue weighted by Gasteiger charge is 2.19. The summed E-state index contributed by atoms with van der Waals surface area (Å²) in [6.45, 7) is 4.78. The molecule has 0 heterocycles. The first kappa shape index (κ1) is 14.5. The average Bonchev–Trinajstić information content (AvgIpc) is 2.90. The van der Waals surface area contributed by atoms with Crippen LogP contribution in [-0.4, -0.2) is 15.0 Å². The highest BCUT2D eigenvalue weighted by Crippen LogP contribution is 2.24. The summed E-state index contributed by atoms with van der Waals surface area (Å²) in [7, 11) is -3.34. The fourth-order valence-electron chi connectivity index (χ4n) is 2.56. The predicted molar refractivity (Wildman–Crippen MR) is 77.7 cm³/mol. The number of nitrogens with one attached hydrogen (secondary N) is 1. The first-order valence-corrected chi connectivity index (χ1v) is 8.57. The summed E-state index contributed by atoms with van der Waals surface area (Å²) in [4.78, 5) is 0.370. The van der Waals surface area contributed by atoms with E-state index in [1.807, 2.05) is 12.1 Å². The van der Waals surface area contributed by atoms with Crippen LogP contribution in [-0.2, 0) is 10.0 Å². The molecule has 3 nitrogen and oxygen atoms in total. The van der Waals surface area contributed by atoms with Gasteiger partial charge in [0.05, 0.1) is 4.90 Å². The normalized spacial score (nSPS) is 17.2. The minimum Gasteiger partial charge on any atom is -0.211 e. The van der Waals surface area contributed by atoms with Crippen molar-refractivity contribution >= 4 is 10.0 Å². The number of rotatable bonds is 5. The maximum absolute atomic E-state index is 12.2. The Bertz CT molecular complexity index is 499. The summed E-state index contributed by atoms with van der Waals surface area (Å²) < 4.78 is 27.1. The quantitative estimate of drug-likeness (QED) is 0.900. The van der Waals surface area contributed by atoms with Gasteiger partial charge in [-0.05, 0) is 42.4 Å². The zero-order chi connectivity index (χ0) is 13.9. The standard InChI is InChI=1S/C15H23NO2S/c1-12(2)14-7-9-15(10-8-14)19(17,18)16-11-13-5-3-4-6-13/h7-10,12-13,16H,3-6,11H2,1-2H3. The number of hydrogen-bond donors (Lipinski definition) is 1. The molecule has 0 radical (unpaired) electrons. The Morgan fingerprint density at radius 1 is 1.16 bits per heavy atom. The third kappa shape index (κ3) is 3.80. The molecule has 1 fully saturated rings. The Balaban J connectivity index is 2.01.